The standard InChI is InChI=1S/C31H31N5O3/c1-2-39-30(38)25(34-26-19-27(37)31(26)14-4-3-5-15-31)18-21-10-12-23(13-11-21)36-28(22-8-6-16-32-20-22)35-24-9-7-17-33-29(24)36/h6-13,16-17,20,25H,2-5,14-15,18-19H2,1H3/t25-/m0/s1. The molecule has 8 nitrogen and oxygen atoms in total. The van der Waals surface area contributed by atoms with E-state index >= 15 is 0 Å². The van der Waals surface area contributed by atoms with Crippen LogP contribution in [0.2, 0.25) is 0 Å². The van der Waals surface area contributed by atoms with Crippen LogP contribution in [-0.4, -0.2) is 49.6 Å². The SMILES string of the molecule is CCOC(=O)[C@H](Cc1ccc(-n2c(-c3cccnc3)nc3cccnc32)cc1)N=C1CC(=O)C12CCCCC2. The smallest absolute Gasteiger partial charge is 0.331 e. The number of imidazole rings is 1. The molecule has 2 saturated carbocycles. The number of aliphatic imine (C=N–C) groups is 1. The molecule has 3 aromatic heterocycles. The summed E-state index contributed by atoms with van der Waals surface area (Å²) in [7, 11) is 0. The van der Waals surface area contributed by atoms with Gasteiger partial charge in [0.25, 0.3) is 0 Å². The Labute approximate surface area is 227 Å². The van der Waals surface area contributed by atoms with Crippen LogP contribution >= 0.6 is 0 Å². The summed E-state index contributed by atoms with van der Waals surface area (Å²) in [5.74, 6) is 0.689. The maximum absolute atomic E-state index is 12.9. The van der Waals surface area contributed by atoms with E-state index in [2.05, 4.69) is 9.97 Å². The first kappa shape index (κ1) is 25.1. The second-order valence-corrected chi connectivity index (χ2v) is 10.3. The summed E-state index contributed by atoms with van der Waals surface area (Å²) in [5, 5.41) is 0. The molecule has 198 valence electrons. The largest absolute Gasteiger partial charge is 0.464 e. The summed E-state index contributed by atoms with van der Waals surface area (Å²) >= 11 is 0. The van der Waals surface area contributed by atoms with Gasteiger partial charge < -0.3 is 4.74 Å². The number of ketones is 1. The first-order chi connectivity index (χ1) is 19.1. The maximum Gasteiger partial charge on any atom is 0.331 e. The van der Waals surface area contributed by atoms with Crippen molar-refractivity contribution in [3.05, 3.63) is 72.7 Å². The second kappa shape index (κ2) is 10.5. The molecule has 1 atom stereocenters. The number of esters is 1. The normalized spacial score (nSPS) is 18.3. The number of hydrogen-bond acceptors (Lipinski definition) is 7. The first-order valence-corrected chi connectivity index (χ1v) is 13.7. The van der Waals surface area contributed by atoms with Crippen molar-refractivity contribution in [2.45, 2.75) is 57.9 Å². The highest BCUT2D eigenvalue weighted by Gasteiger charge is 2.52. The van der Waals surface area contributed by atoms with Gasteiger partial charge in [-0.25, -0.2) is 14.8 Å². The van der Waals surface area contributed by atoms with Gasteiger partial charge in [-0.15, -0.1) is 0 Å². The minimum atomic E-state index is -0.667. The fourth-order valence-electron chi connectivity index (χ4n) is 5.89. The number of Topliss-reactive ketones (excluding diaryl/α,β-unsaturated/α-hetero) is 1. The van der Waals surface area contributed by atoms with E-state index < -0.39 is 11.5 Å². The zero-order valence-corrected chi connectivity index (χ0v) is 22.0. The average molecular weight is 522 g/mol. The number of carbonyl (C=O) groups excluding carboxylic acids is 2. The van der Waals surface area contributed by atoms with Gasteiger partial charge in [-0.3, -0.25) is 19.3 Å². The minimum Gasteiger partial charge on any atom is -0.464 e. The molecule has 0 unspecified atom stereocenters. The molecule has 0 amide bonds. The number of benzene rings is 1. The van der Waals surface area contributed by atoms with Crippen LogP contribution in [0.4, 0.5) is 0 Å². The van der Waals surface area contributed by atoms with E-state index in [4.69, 9.17) is 14.7 Å². The van der Waals surface area contributed by atoms with E-state index in [1.54, 1.807) is 25.5 Å². The molecule has 2 aliphatic carbocycles. The number of ether oxygens (including phenoxy) is 1. The van der Waals surface area contributed by atoms with E-state index in [-0.39, 0.29) is 11.8 Å². The molecule has 0 N–H and O–H groups in total. The van der Waals surface area contributed by atoms with E-state index in [0.29, 0.717) is 19.4 Å². The fourth-order valence-corrected chi connectivity index (χ4v) is 5.89. The maximum atomic E-state index is 12.9. The lowest BCUT2D eigenvalue weighted by Crippen LogP contribution is -2.52. The molecule has 0 radical (unpaired) electrons. The summed E-state index contributed by atoms with van der Waals surface area (Å²) in [4.78, 5) is 44.1. The van der Waals surface area contributed by atoms with Gasteiger partial charge >= 0.3 is 5.97 Å². The Balaban J connectivity index is 1.31. The quantitative estimate of drug-likeness (QED) is 0.305. The molecule has 0 bridgehead atoms. The molecule has 39 heavy (non-hydrogen) atoms. The van der Waals surface area contributed by atoms with Gasteiger partial charge in [0.1, 0.15) is 17.1 Å². The van der Waals surface area contributed by atoms with Gasteiger partial charge in [-0.1, -0.05) is 31.4 Å². The van der Waals surface area contributed by atoms with Crippen LogP contribution in [0.5, 0.6) is 0 Å². The molecule has 0 aliphatic heterocycles. The molecular formula is C31H31N5O3. The third-order valence-electron chi connectivity index (χ3n) is 7.95. The van der Waals surface area contributed by atoms with Crippen molar-refractivity contribution in [3.8, 4) is 17.1 Å². The number of pyridine rings is 2. The lowest BCUT2D eigenvalue weighted by atomic mass is 9.58. The molecule has 3 heterocycles. The number of aromatic nitrogens is 4. The number of hydrogen-bond donors (Lipinski definition) is 0. The van der Waals surface area contributed by atoms with E-state index in [1.165, 1.54) is 0 Å². The van der Waals surface area contributed by atoms with Crippen LogP contribution < -0.4 is 0 Å². The Hall–Kier alpha value is -4.20. The summed E-state index contributed by atoms with van der Waals surface area (Å²) < 4.78 is 7.41. The van der Waals surface area contributed by atoms with E-state index in [0.717, 1.165) is 71.6 Å². The lowest BCUT2D eigenvalue weighted by molar-refractivity contribution is -0.144. The van der Waals surface area contributed by atoms with Crippen LogP contribution in [0.3, 0.4) is 0 Å². The Kier molecular flexibility index (Phi) is 6.77. The number of rotatable bonds is 7. The Morgan fingerprint density at radius 1 is 1.08 bits per heavy atom. The zero-order valence-electron chi connectivity index (χ0n) is 22.0. The van der Waals surface area contributed by atoms with Crippen molar-refractivity contribution in [1.82, 2.24) is 19.5 Å². The van der Waals surface area contributed by atoms with E-state index in [1.807, 2.05) is 53.1 Å². The molecular weight excluding hydrogens is 490 g/mol. The molecule has 1 aromatic carbocycles. The number of fused-ring (bicyclic) bond motifs is 1. The third-order valence-corrected chi connectivity index (χ3v) is 7.95. The van der Waals surface area contributed by atoms with Crippen LogP contribution in [0, 0.1) is 5.41 Å². The summed E-state index contributed by atoms with van der Waals surface area (Å²) in [6.45, 7) is 2.09. The Morgan fingerprint density at radius 2 is 1.87 bits per heavy atom. The minimum absolute atomic E-state index is 0.276. The molecule has 8 heteroatoms. The van der Waals surface area contributed by atoms with Crippen molar-refractivity contribution in [3.63, 3.8) is 0 Å². The molecule has 2 fully saturated rings. The molecule has 0 saturated heterocycles. The predicted octanol–water partition coefficient (Wildman–Crippen LogP) is 5.32. The fraction of sp³-hybridized carbons (Fsp3) is 0.355. The zero-order chi connectivity index (χ0) is 26.8. The van der Waals surface area contributed by atoms with Crippen molar-refractivity contribution >= 4 is 28.6 Å². The van der Waals surface area contributed by atoms with E-state index in [9.17, 15) is 9.59 Å². The topological polar surface area (TPSA) is 99.3 Å². The highest BCUT2D eigenvalue weighted by atomic mass is 16.5. The molecule has 1 spiro atoms. The predicted molar refractivity (Wildman–Crippen MR) is 149 cm³/mol. The van der Waals surface area contributed by atoms with Crippen LogP contribution in [0.15, 0.2) is 72.1 Å². The number of nitrogens with zero attached hydrogens (tertiary/aromatic N) is 5. The van der Waals surface area contributed by atoms with Gasteiger partial charge in [-0.2, -0.15) is 0 Å². The van der Waals surface area contributed by atoms with Crippen LogP contribution in [0.1, 0.15) is 51.0 Å². The monoisotopic (exact) mass is 521 g/mol. The Morgan fingerprint density at radius 3 is 2.59 bits per heavy atom. The van der Waals surface area contributed by atoms with Crippen molar-refractivity contribution in [2.24, 2.45) is 10.4 Å². The first-order valence-electron chi connectivity index (χ1n) is 13.7. The summed E-state index contributed by atoms with van der Waals surface area (Å²) in [6, 6.07) is 15.1. The summed E-state index contributed by atoms with van der Waals surface area (Å²) in [5.41, 5.74) is 4.76. The third kappa shape index (κ3) is 4.64. The van der Waals surface area contributed by atoms with Crippen LogP contribution in [0.25, 0.3) is 28.2 Å². The van der Waals surface area contributed by atoms with Crippen molar-refractivity contribution < 1.29 is 14.3 Å². The Bertz CT molecular complexity index is 1540. The summed E-state index contributed by atoms with van der Waals surface area (Å²) in [6.07, 6.45) is 11.0. The van der Waals surface area contributed by atoms with Crippen molar-refractivity contribution in [1.29, 1.82) is 0 Å². The molecule has 2 aliphatic rings. The second-order valence-electron chi connectivity index (χ2n) is 10.3. The van der Waals surface area contributed by atoms with Gasteiger partial charge in [0.2, 0.25) is 0 Å². The van der Waals surface area contributed by atoms with Gasteiger partial charge in [-0.05, 0) is 61.7 Å². The van der Waals surface area contributed by atoms with Gasteiger partial charge in [0.15, 0.2) is 11.7 Å². The van der Waals surface area contributed by atoms with Gasteiger partial charge in [0.05, 0.1) is 12.0 Å². The average Bonchev–Trinajstić information content (AvgIpc) is 3.37. The molecule has 6 rings (SSSR count). The van der Waals surface area contributed by atoms with Crippen molar-refractivity contribution in [2.75, 3.05) is 6.61 Å². The highest BCUT2D eigenvalue weighted by Crippen LogP contribution is 2.47. The highest BCUT2D eigenvalue weighted by molar-refractivity contribution is 6.27. The van der Waals surface area contributed by atoms with Gasteiger partial charge in [0, 0.05) is 48.4 Å². The van der Waals surface area contributed by atoms with Crippen LogP contribution in [-0.2, 0) is 20.7 Å². The number of carbonyl (C=O) groups is 2. The lowest BCUT2D eigenvalue weighted by Gasteiger charge is -2.44. The molecule has 4 aromatic rings.